The number of rotatable bonds is 10. The molecule has 0 aromatic heterocycles. The van der Waals surface area contributed by atoms with Crippen LogP contribution < -0.4 is 10.6 Å². The van der Waals surface area contributed by atoms with Gasteiger partial charge in [-0.25, -0.2) is 4.79 Å². The number of ether oxygens (including phenoxy) is 2. The Morgan fingerprint density at radius 3 is 2.24 bits per heavy atom. The topological polar surface area (TPSA) is 79.9 Å². The largest absolute Gasteiger partial charge is 0.416 e. The number of halogens is 6. The number of hydrogen-bond acceptors (Lipinski definition) is 5. The highest BCUT2D eigenvalue weighted by atomic mass is 19.4. The molecule has 13 heteroatoms. The summed E-state index contributed by atoms with van der Waals surface area (Å²) in [4.78, 5) is 26.8. The standard InChI is InChI=1S/C28H33F6N3O4/c1-5-6-7-8-18(2)25(9-10-26(16-35-25)23(38)36-24(39)37(26)11-12-40-4)17-41-19(3)20-13-21(27(29,30)31)15-22(14-20)28(32,33)34/h5-8,13-15,19,35H,2,9-12,16-17H2,1,3-4H3,(H,36,38,39)/b6-5-,8-7-/t19-,25-,26?/m1/s1. The molecule has 3 rings (SSSR count). The zero-order chi connectivity index (χ0) is 30.6. The van der Waals surface area contributed by atoms with Gasteiger partial charge in [-0.05, 0) is 56.0 Å². The first-order valence-electron chi connectivity index (χ1n) is 12.9. The fourth-order valence-electron chi connectivity index (χ4n) is 4.94. The molecule has 41 heavy (non-hydrogen) atoms. The molecule has 1 spiro atoms. The van der Waals surface area contributed by atoms with Crippen LogP contribution in [0.4, 0.5) is 31.1 Å². The van der Waals surface area contributed by atoms with E-state index in [1.165, 1.54) is 18.9 Å². The van der Waals surface area contributed by atoms with Gasteiger partial charge in [-0.2, -0.15) is 26.3 Å². The molecule has 0 bridgehead atoms. The molecule has 2 fully saturated rings. The fraction of sp³-hybridized carbons (Fsp3) is 0.500. The van der Waals surface area contributed by atoms with Crippen molar-refractivity contribution < 1.29 is 45.4 Å². The predicted molar refractivity (Wildman–Crippen MR) is 139 cm³/mol. The molecule has 2 N–H and O–H groups in total. The highest BCUT2D eigenvalue weighted by Crippen LogP contribution is 2.40. The third-order valence-electron chi connectivity index (χ3n) is 7.48. The maximum Gasteiger partial charge on any atom is 0.416 e. The quantitative estimate of drug-likeness (QED) is 0.213. The van der Waals surface area contributed by atoms with Crippen LogP contribution in [0.2, 0.25) is 0 Å². The number of allylic oxidation sites excluding steroid dienone is 3. The Morgan fingerprint density at radius 1 is 1.10 bits per heavy atom. The Kier molecular flexibility index (Phi) is 9.77. The zero-order valence-corrected chi connectivity index (χ0v) is 22.9. The SMILES string of the molecule is C=C(/C=C\C=C/C)[C@]1(CO[C@H](C)c2cc(C(F)(F)F)cc(C(F)(F)F)c2)CCC2(CN1)C(=O)NC(=O)N2CCOC. The van der Waals surface area contributed by atoms with E-state index >= 15 is 0 Å². The average Bonchev–Trinajstić information content (AvgIpc) is 3.13. The molecule has 1 aromatic rings. The van der Waals surface area contributed by atoms with Gasteiger partial charge >= 0.3 is 18.4 Å². The van der Waals surface area contributed by atoms with E-state index in [1.54, 1.807) is 24.3 Å². The average molecular weight is 590 g/mol. The van der Waals surface area contributed by atoms with Crippen molar-refractivity contribution in [3.63, 3.8) is 0 Å². The van der Waals surface area contributed by atoms with E-state index in [4.69, 9.17) is 9.47 Å². The first kappa shape index (κ1) is 32.4. The predicted octanol–water partition coefficient (Wildman–Crippen LogP) is 5.55. The van der Waals surface area contributed by atoms with Crippen molar-refractivity contribution >= 4 is 11.9 Å². The van der Waals surface area contributed by atoms with Crippen molar-refractivity contribution in [2.24, 2.45) is 0 Å². The van der Waals surface area contributed by atoms with Crippen LogP contribution in [-0.2, 0) is 26.6 Å². The summed E-state index contributed by atoms with van der Waals surface area (Å²) in [5.74, 6) is -0.479. The molecule has 2 aliphatic heterocycles. The van der Waals surface area contributed by atoms with E-state index in [0.717, 1.165) is 0 Å². The van der Waals surface area contributed by atoms with Crippen LogP contribution in [0.25, 0.3) is 0 Å². The van der Waals surface area contributed by atoms with E-state index in [0.29, 0.717) is 17.7 Å². The lowest BCUT2D eigenvalue weighted by Gasteiger charge is -2.48. The lowest BCUT2D eigenvalue weighted by molar-refractivity contribution is -0.143. The van der Waals surface area contributed by atoms with Crippen LogP contribution in [-0.4, -0.2) is 61.3 Å². The van der Waals surface area contributed by atoms with Crippen LogP contribution in [0.1, 0.15) is 49.5 Å². The van der Waals surface area contributed by atoms with Crippen LogP contribution in [0, 0.1) is 0 Å². The number of carbonyl (C=O) groups is 2. The normalized spacial score (nSPS) is 24.6. The molecular weight excluding hydrogens is 556 g/mol. The summed E-state index contributed by atoms with van der Waals surface area (Å²) >= 11 is 0. The lowest BCUT2D eigenvalue weighted by atomic mass is 9.75. The van der Waals surface area contributed by atoms with Crippen molar-refractivity contribution in [2.75, 3.05) is 33.4 Å². The highest BCUT2D eigenvalue weighted by Gasteiger charge is 2.56. The van der Waals surface area contributed by atoms with Crippen LogP contribution in [0.15, 0.2) is 54.7 Å². The molecule has 1 unspecified atom stereocenters. The van der Waals surface area contributed by atoms with Gasteiger partial charge in [-0.1, -0.05) is 30.9 Å². The maximum absolute atomic E-state index is 13.4. The first-order valence-corrected chi connectivity index (χ1v) is 12.9. The third-order valence-corrected chi connectivity index (χ3v) is 7.48. The van der Waals surface area contributed by atoms with Gasteiger partial charge in [0.15, 0.2) is 0 Å². The van der Waals surface area contributed by atoms with E-state index < -0.39 is 52.6 Å². The zero-order valence-electron chi connectivity index (χ0n) is 22.9. The van der Waals surface area contributed by atoms with E-state index in [-0.39, 0.29) is 50.8 Å². The summed E-state index contributed by atoms with van der Waals surface area (Å²) in [7, 11) is 1.47. The number of hydrogen-bond donors (Lipinski definition) is 2. The first-order chi connectivity index (χ1) is 19.1. The van der Waals surface area contributed by atoms with Gasteiger partial charge in [0.25, 0.3) is 5.91 Å². The molecule has 1 aromatic carbocycles. The van der Waals surface area contributed by atoms with Crippen molar-refractivity contribution in [1.82, 2.24) is 15.5 Å². The summed E-state index contributed by atoms with van der Waals surface area (Å²) in [6.07, 6.45) is -3.76. The molecular formula is C28H33F6N3O4. The van der Waals surface area contributed by atoms with Crippen LogP contribution in [0.3, 0.4) is 0 Å². The highest BCUT2D eigenvalue weighted by molar-refractivity contribution is 6.07. The monoisotopic (exact) mass is 589 g/mol. The minimum absolute atomic E-state index is 0.00425. The number of nitrogens with one attached hydrogen (secondary N) is 2. The number of carbonyl (C=O) groups excluding carboxylic acids is 2. The van der Waals surface area contributed by atoms with Gasteiger partial charge in [-0.3, -0.25) is 10.1 Å². The smallest absolute Gasteiger partial charge is 0.383 e. The molecule has 2 heterocycles. The van der Waals surface area contributed by atoms with Crippen molar-refractivity contribution in [2.45, 2.75) is 56.2 Å². The minimum atomic E-state index is -4.99. The molecule has 0 radical (unpaired) electrons. The number of methoxy groups -OCH3 is 1. The van der Waals surface area contributed by atoms with Crippen LogP contribution in [0.5, 0.6) is 0 Å². The Hall–Kier alpha value is -3.16. The molecule has 0 saturated carbocycles. The van der Waals surface area contributed by atoms with Crippen molar-refractivity contribution in [3.05, 3.63) is 71.3 Å². The minimum Gasteiger partial charge on any atom is -0.383 e. The van der Waals surface area contributed by atoms with Gasteiger partial charge in [0, 0.05) is 20.2 Å². The van der Waals surface area contributed by atoms with E-state index in [9.17, 15) is 35.9 Å². The lowest BCUT2D eigenvalue weighted by Crippen LogP contribution is -2.67. The summed E-state index contributed by atoms with van der Waals surface area (Å²) in [5, 5.41) is 5.61. The Balaban J connectivity index is 1.90. The van der Waals surface area contributed by atoms with Crippen molar-refractivity contribution in [1.29, 1.82) is 0 Å². The second-order valence-corrected chi connectivity index (χ2v) is 10.1. The van der Waals surface area contributed by atoms with Gasteiger partial charge in [0.1, 0.15) is 5.54 Å². The molecule has 2 aliphatic rings. The molecule has 226 valence electrons. The Bertz CT molecular complexity index is 1170. The molecule has 2 saturated heterocycles. The Morgan fingerprint density at radius 2 is 1.73 bits per heavy atom. The van der Waals surface area contributed by atoms with Crippen molar-refractivity contribution in [3.8, 4) is 0 Å². The molecule has 3 amide bonds. The number of nitrogens with zero attached hydrogens (tertiary/aromatic N) is 1. The number of amides is 3. The molecule has 7 nitrogen and oxygen atoms in total. The summed E-state index contributed by atoms with van der Waals surface area (Å²) in [6.45, 7) is 7.47. The molecule has 0 aliphatic carbocycles. The second-order valence-electron chi connectivity index (χ2n) is 10.1. The molecule has 3 atom stereocenters. The number of urea groups is 1. The van der Waals surface area contributed by atoms with E-state index in [2.05, 4.69) is 17.2 Å². The number of imide groups is 1. The summed E-state index contributed by atoms with van der Waals surface area (Å²) in [6, 6.07) is 0.789. The fourth-order valence-corrected chi connectivity index (χ4v) is 4.94. The van der Waals surface area contributed by atoms with Gasteiger partial charge in [0.2, 0.25) is 0 Å². The number of piperidine rings is 1. The van der Waals surface area contributed by atoms with E-state index in [1.807, 2.05) is 6.92 Å². The maximum atomic E-state index is 13.4. The number of benzene rings is 1. The second kappa shape index (κ2) is 12.4. The van der Waals surface area contributed by atoms with Gasteiger partial charge in [-0.15, -0.1) is 0 Å². The van der Waals surface area contributed by atoms with Gasteiger partial charge < -0.3 is 19.7 Å². The number of alkyl halides is 6. The third kappa shape index (κ3) is 7.02. The Labute approximate surface area is 234 Å². The van der Waals surface area contributed by atoms with Crippen LogP contribution >= 0.6 is 0 Å². The van der Waals surface area contributed by atoms with Gasteiger partial charge in [0.05, 0.1) is 36.0 Å². The summed E-state index contributed by atoms with van der Waals surface area (Å²) in [5.41, 5.74) is -4.89. The summed E-state index contributed by atoms with van der Waals surface area (Å²) < 4.78 is 91.3.